The van der Waals surface area contributed by atoms with Gasteiger partial charge in [-0.25, -0.2) is 9.44 Å². The molecule has 0 aromatic heterocycles. The quantitative estimate of drug-likeness (QED) is 0.531. The van der Waals surface area contributed by atoms with Gasteiger partial charge in [0.25, 0.3) is 10.2 Å². The van der Waals surface area contributed by atoms with Crippen LogP contribution in [0.4, 0.5) is 0 Å². The van der Waals surface area contributed by atoms with E-state index in [4.69, 9.17) is 5.73 Å². The van der Waals surface area contributed by atoms with Crippen LogP contribution >= 0.6 is 0 Å². The second-order valence-electron chi connectivity index (χ2n) is 2.85. The number of nitrogens with two attached hydrogens (primary N) is 1. The van der Waals surface area contributed by atoms with Crippen LogP contribution < -0.4 is 15.2 Å². The van der Waals surface area contributed by atoms with Crippen LogP contribution in [0.1, 0.15) is 26.7 Å². The SMILES string of the molecule is CCNS(=O)(=O)NCCC(N)CC. The molecular weight excluding hydrogens is 190 g/mol. The molecular formula is C7H19N3O2S. The second-order valence-corrected chi connectivity index (χ2v) is 4.44. The summed E-state index contributed by atoms with van der Waals surface area (Å²) < 4.78 is 26.8. The van der Waals surface area contributed by atoms with Crippen molar-refractivity contribution >= 4 is 10.2 Å². The fraction of sp³-hybridized carbons (Fsp3) is 1.00. The van der Waals surface area contributed by atoms with E-state index in [2.05, 4.69) is 9.44 Å². The monoisotopic (exact) mass is 209 g/mol. The highest BCUT2D eigenvalue weighted by Crippen LogP contribution is 1.91. The van der Waals surface area contributed by atoms with Crippen LogP contribution in [0.15, 0.2) is 0 Å². The Labute approximate surface area is 80.3 Å². The molecule has 0 saturated heterocycles. The van der Waals surface area contributed by atoms with Gasteiger partial charge in [0.1, 0.15) is 0 Å². The van der Waals surface area contributed by atoms with Gasteiger partial charge in [0, 0.05) is 19.1 Å². The summed E-state index contributed by atoms with van der Waals surface area (Å²) in [5.74, 6) is 0. The normalized spacial score (nSPS) is 14.4. The molecule has 1 unspecified atom stereocenters. The van der Waals surface area contributed by atoms with Crippen molar-refractivity contribution in [3.8, 4) is 0 Å². The van der Waals surface area contributed by atoms with Gasteiger partial charge in [0.2, 0.25) is 0 Å². The van der Waals surface area contributed by atoms with Crippen molar-refractivity contribution in [2.45, 2.75) is 32.7 Å². The summed E-state index contributed by atoms with van der Waals surface area (Å²) in [6.07, 6.45) is 1.53. The Bertz CT molecular complexity index is 216. The molecule has 13 heavy (non-hydrogen) atoms. The minimum atomic E-state index is -3.29. The molecule has 0 spiro atoms. The molecule has 0 aliphatic heterocycles. The van der Waals surface area contributed by atoms with Gasteiger partial charge in [0.15, 0.2) is 0 Å². The second kappa shape index (κ2) is 6.31. The van der Waals surface area contributed by atoms with E-state index in [0.29, 0.717) is 19.5 Å². The fourth-order valence-corrected chi connectivity index (χ4v) is 1.69. The molecule has 0 amide bonds. The van der Waals surface area contributed by atoms with Gasteiger partial charge >= 0.3 is 0 Å². The first kappa shape index (κ1) is 12.8. The lowest BCUT2D eigenvalue weighted by atomic mass is 10.2. The van der Waals surface area contributed by atoms with Crippen molar-refractivity contribution in [1.29, 1.82) is 0 Å². The third kappa shape index (κ3) is 6.94. The molecule has 0 aromatic carbocycles. The van der Waals surface area contributed by atoms with E-state index >= 15 is 0 Å². The highest BCUT2D eigenvalue weighted by atomic mass is 32.2. The zero-order chi connectivity index (χ0) is 10.3. The maximum Gasteiger partial charge on any atom is 0.276 e. The predicted octanol–water partition coefficient (Wildman–Crippen LogP) is -0.442. The van der Waals surface area contributed by atoms with Crippen molar-refractivity contribution in [3.05, 3.63) is 0 Å². The van der Waals surface area contributed by atoms with Crippen molar-refractivity contribution in [1.82, 2.24) is 9.44 Å². The summed E-state index contributed by atoms with van der Waals surface area (Å²) >= 11 is 0. The van der Waals surface area contributed by atoms with Gasteiger partial charge in [-0.3, -0.25) is 0 Å². The Morgan fingerprint density at radius 3 is 2.38 bits per heavy atom. The van der Waals surface area contributed by atoms with Crippen LogP contribution in [0, 0.1) is 0 Å². The first-order chi connectivity index (χ1) is 6.02. The molecule has 0 aliphatic rings. The molecule has 0 heterocycles. The maximum atomic E-state index is 11.0. The van der Waals surface area contributed by atoms with E-state index < -0.39 is 10.2 Å². The number of hydrogen-bond donors (Lipinski definition) is 3. The third-order valence-corrected chi connectivity index (χ3v) is 2.92. The molecule has 80 valence electrons. The molecule has 0 saturated carbocycles. The zero-order valence-corrected chi connectivity index (χ0v) is 9.02. The van der Waals surface area contributed by atoms with E-state index in [-0.39, 0.29) is 6.04 Å². The molecule has 0 radical (unpaired) electrons. The van der Waals surface area contributed by atoms with Crippen molar-refractivity contribution in [2.24, 2.45) is 5.73 Å². The molecule has 0 aromatic rings. The lowest BCUT2D eigenvalue weighted by molar-refractivity contribution is 0.549. The topological polar surface area (TPSA) is 84.2 Å². The van der Waals surface area contributed by atoms with Gasteiger partial charge < -0.3 is 5.73 Å². The van der Waals surface area contributed by atoms with Crippen molar-refractivity contribution in [3.63, 3.8) is 0 Å². The highest BCUT2D eigenvalue weighted by molar-refractivity contribution is 7.87. The Kier molecular flexibility index (Phi) is 6.23. The van der Waals surface area contributed by atoms with Crippen molar-refractivity contribution < 1.29 is 8.42 Å². The molecule has 0 aliphatic carbocycles. The summed E-state index contributed by atoms with van der Waals surface area (Å²) in [4.78, 5) is 0. The number of hydrogen-bond acceptors (Lipinski definition) is 3. The first-order valence-electron chi connectivity index (χ1n) is 4.51. The van der Waals surface area contributed by atoms with Gasteiger partial charge in [-0.15, -0.1) is 0 Å². The van der Waals surface area contributed by atoms with Crippen LogP contribution in [0.5, 0.6) is 0 Å². The Morgan fingerprint density at radius 1 is 1.31 bits per heavy atom. The molecule has 0 bridgehead atoms. The van der Waals surface area contributed by atoms with E-state index in [1.54, 1.807) is 6.92 Å². The van der Waals surface area contributed by atoms with Gasteiger partial charge in [-0.05, 0) is 12.8 Å². The lowest BCUT2D eigenvalue weighted by Gasteiger charge is -2.09. The Hall–Kier alpha value is -0.170. The summed E-state index contributed by atoms with van der Waals surface area (Å²) in [5, 5.41) is 0. The molecule has 6 heteroatoms. The molecule has 4 N–H and O–H groups in total. The van der Waals surface area contributed by atoms with E-state index in [1.165, 1.54) is 0 Å². The molecule has 5 nitrogen and oxygen atoms in total. The van der Waals surface area contributed by atoms with E-state index in [9.17, 15) is 8.42 Å². The van der Waals surface area contributed by atoms with Crippen LogP contribution in [0.2, 0.25) is 0 Å². The van der Waals surface area contributed by atoms with Crippen LogP contribution in [-0.4, -0.2) is 27.5 Å². The summed E-state index contributed by atoms with van der Waals surface area (Å²) in [7, 11) is -3.29. The summed E-state index contributed by atoms with van der Waals surface area (Å²) in [6, 6.07) is 0.0735. The smallest absolute Gasteiger partial charge is 0.276 e. The average molecular weight is 209 g/mol. The average Bonchev–Trinajstić information content (AvgIpc) is 2.03. The molecule has 0 rings (SSSR count). The van der Waals surface area contributed by atoms with E-state index in [1.807, 2.05) is 6.92 Å². The Balaban J connectivity index is 3.64. The predicted molar refractivity (Wildman–Crippen MR) is 53.5 cm³/mol. The lowest BCUT2D eigenvalue weighted by Crippen LogP contribution is -2.38. The molecule has 0 fully saturated rings. The summed E-state index contributed by atoms with van der Waals surface area (Å²) in [5.41, 5.74) is 5.62. The summed E-state index contributed by atoms with van der Waals surface area (Å²) in [6.45, 7) is 4.50. The number of nitrogens with one attached hydrogen (secondary N) is 2. The Morgan fingerprint density at radius 2 is 1.92 bits per heavy atom. The van der Waals surface area contributed by atoms with Crippen LogP contribution in [0.25, 0.3) is 0 Å². The molecule has 1 atom stereocenters. The standard InChI is InChI=1S/C7H19N3O2S/c1-3-7(8)5-6-10-13(11,12)9-4-2/h7,9-10H,3-6,8H2,1-2H3. The zero-order valence-electron chi connectivity index (χ0n) is 8.21. The van der Waals surface area contributed by atoms with Crippen LogP contribution in [0.3, 0.4) is 0 Å². The van der Waals surface area contributed by atoms with Gasteiger partial charge in [0.05, 0.1) is 0 Å². The van der Waals surface area contributed by atoms with E-state index in [0.717, 1.165) is 6.42 Å². The maximum absolute atomic E-state index is 11.0. The fourth-order valence-electron chi connectivity index (χ4n) is 0.824. The highest BCUT2D eigenvalue weighted by Gasteiger charge is 2.07. The minimum absolute atomic E-state index is 0.0735. The van der Waals surface area contributed by atoms with Gasteiger partial charge in [-0.2, -0.15) is 8.42 Å². The first-order valence-corrected chi connectivity index (χ1v) is 6.00. The third-order valence-electron chi connectivity index (χ3n) is 1.67. The van der Waals surface area contributed by atoms with Crippen molar-refractivity contribution in [2.75, 3.05) is 13.1 Å². The van der Waals surface area contributed by atoms with Gasteiger partial charge in [-0.1, -0.05) is 13.8 Å². The largest absolute Gasteiger partial charge is 0.328 e. The number of rotatable bonds is 7. The van der Waals surface area contributed by atoms with Crippen LogP contribution in [-0.2, 0) is 10.2 Å². The minimum Gasteiger partial charge on any atom is -0.328 e.